The molecule has 0 bridgehead atoms. The fourth-order valence-electron chi connectivity index (χ4n) is 3.18. The van der Waals surface area contributed by atoms with Gasteiger partial charge in [0.15, 0.2) is 5.82 Å². The fraction of sp³-hybridized carbons (Fsp3) is 0.192. The summed E-state index contributed by atoms with van der Waals surface area (Å²) in [5, 5.41) is 16.0. The summed E-state index contributed by atoms with van der Waals surface area (Å²) < 4.78 is 7.68. The van der Waals surface area contributed by atoms with E-state index >= 15 is 0 Å². The molecule has 35 heavy (non-hydrogen) atoms. The monoisotopic (exact) mass is 544 g/mol. The molecule has 1 heterocycles. The van der Waals surface area contributed by atoms with Gasteiger partial charge in [0.1, 0.15) is 12.4 Å². The fourth-order valence-corrected chi connectivity index (χ4v) is 4.63. The molecule has 0 aliphatic rings. The number of aryl methyl sites for hydroxylation is 1. The summed E-state index contributed by atoms with van der Waals surface area (Å²) >= 11 is 19.8. The van der Waals surface area contributed by atoms with E-state index in [0.29, 0.717) is 16.7 Å². The second kappa shape index (κ2) is 12.5. The highest BCUT2D eigenvalue weighted by molar-refractivity contribution is 7.98. The summed E-state index contributed by atoms with van der Waals surface area (Å²) in [6.45, 7) is 2.47. The van der Waals surface area contributed by atoms with E-state index in [0.717, 1.165) is 57.0 Å². The van der Waals surface area contributed by atoms with Gasteiger partial charge in [0.05, 0.1) is 6.21 Å². The normalized spacial score (nSPS) is 11.3. The van der Waals surface area contributed by atoms with Gasteiger partial charge in [-0.05, 0) is 66.1 Å². The first-order valence-electron chi connectivity index (χ1n) is 11.0. The van der Waals surface area contributed by atoms with Crippen LogP contribution in [0.15, 0.2) is 77.0 Å². The molecule has 0 aliphatic heterocycles. The lowest BCUT2D eigenvalue weighted by atomic mass is 10.2. The van der Waals surface area contributed by atoms with Crippen LogP contribution < -0.4 is 4.74 Å². The number of benzene rings is 3. The SMILES string of the molecule is CCCc1nnc(SCc2ccc(Cl)cc2)n1/N=C/c1ccc(OCc2ccc(Cl)cc2Cl)cc1. The van der Waals surface area contributed by atoms with Crippen molar-refractivity contribution in [1.29, 1.82) is 0 Å². The average Bonchev–Trinajstić information content (AvgIpc) is 3.24. The smallest absolute Gasteiger partial charge is 0.212 e. The van der Waals surface area contributed by atoms with Gasteiger partial charge in [0.2, 0.25) is 5.16 Å². The Bertz CT molecular complexity index is 1290. The quantitative estimate of drug-likeness (QED) is 0.150. The van der Waals surface area contributed by atoms with E-state index in [4.69, 9.17) is 39.5 Å². The van der Waals surface area contributed by atoms with E-state index in [1.165, 1.54) is 0 Å². The predicted molar refractivity (Wildman–Crippen MR) is 145 cm³/mol. The molecular formula is C26H23Cl3N4OS. The van der Waals surface area contributed by atoms with Crippen LogP contribution in [0.2, 0.25) is 15.1 Å². The Hall–Kier alpha value is -2.51. The number of rotatable bonds is 10. The van der Waals surface area contributed by atoms with Gasteiger partial charge < -0.3 is 4.74 Å². The number of ether oxygens (including phenoxy) is 1. The molecule has 4 rings (SSSR count). The van der Waals surface area contributed by atoms with Crippen molar-refractivity contribution < 1.29 is 4.74 Å². The van der Waals surface area contributed by atoms with Gasteiger partial charge in [0, 0.05) is 32.8 Å². The molecule has 5 nitrogen and oxygen atoms in total. The minimum Gasteiger partial charge on any atom is -0.489 e. The van der Waals surface area contributed by atoms with Crippen molar-refractivity contribution >= 4 is 52.8 Å². The molecule has 3 aromatic carbocycles. The molecule has 0 N–H and O–H groups in total. The Kier molecular flexibility index (Phi) is 9.10. The van der Waals surface area contributed by atoms with Crippen LogP contribution in [0.1, 0.15) is 35.9 Å². The number of hydrogen-bond acceptors (Lipinski definition) is 5. The summed E-state index contributed by atoms with van der Waals surface area (Å²) in [6.07, 6.45) is 3.56. The molecule has 0 spiro atoms. The third-order valence-corrected chi connectivity index (χ3v) is 6.87. The topological polar surface area (TPSA) is 52.3 Å². The molecular weight excluding hydrogens is 523 g/mol. The maximum absolute atomic E-state index is 6.22. The largest absolute Gasteiger partial charge is 0.489 e. The minimum atomic E-state index is 0.360. The molecule has 0 saturated heterocycles. The van der Waals surface area contributed by atoms with Crippen molar-refractivity contribution in [3.63, 3.8) is 0 Å². The predicted octanol–water partition coefficient (Wildman–Crippen LogP) is 7.94. The maximum atomic E-state index is 6.22. The molecule has 4 aromatic rings. The lowest BCUT2D eigenvalue weighted by Gasteiger charge is -2.08. The second-order valence-electron chi connectivity index (χ2n) is 7.71. The lowest BCUT2D eigenvalue weighted by Crippen LogP contribution is -2.00. The van der Waals surface area contributed by atoms with E-state index in [1.54, 1.807) is 30.1 Å². The van der Waals surface area contributed by atoms with Crippen LogP contribution in [-0.4, -0.2) is 21.1 Å². The van der Waals surface area contributed by atoms with Crippen LogP contribution in [0, 0.1) is 0 Å². The Morgan fingerprint density at radius 2 is 1.69 bits per heavy atom. The summed E-state index contributed by atoms with van der Waals surface area (Å²) in [5.41, 5.74) is 2.97. The molecule has 0 aliphatic carbocycles. The molecule has 1 aromatic heterocycles. The Morgan fingerprint density at radius 1 is 0.943 bits per heavy atom. The van der Waals surface area contributed by atoms with Crippen LogP contribution in [0.3, 0.4) is 0 Å². The third-order valence-electron chi connectivity index (χ3n) is 5.04. The average molecular weight is 546 g/mol. The van der Waals surface area contributed by atoms with E-state index < -0.39 is 0 Å². The molecule has 180 valence electrons. The number of hydrogen-bond donors (Lipinski definition) is 0. The van der Waals surface area contributed by atoms with E-state index in [1.807, 2.05) is 59.3 Å². The van der Waals surface area contributed by atoms with E-state index in [-0.39, 0.29) is 0 Å². The number of thioether (sulfide) groups is 1. The maximum Gasteiger partial charge on any atom is 0.212 e. The number of halogens is 3. The first-order valence-corrected chi connectivity index (χ1v) is 13.2. The molecule has 0 radical (unpaired) electrons. The first-order chi connectivity index (χ1) is 17.0. The molecule has 0 fully saturated rings. The minimum absolute atomic E-state index is 0.360. The van der Waals surface area contributed by atoms with Gasteiger partial charge in [-0.25, -0.2) is 0 Å². The zero-order chi connectivity index (χ0) is 24.6. The molecule has 0 amide bonds. The second-order valence-corrected chi connectivity index (χ2v) is 9.94. The Balaban J connectivity index is 1.42. The van der Waals surface area contributed by atoms with Gasteiger partial charge in [-0.1, -0.05) is 71.7 Å². The van der Waals surface area contributed by atoms with Crippen LogP contribution in [0.5, 0.6) is 5.75 Å². The van der Waals surface area contributed by atoms with Crippen LogP contribution in [0.25, 0.3) is 0 Å². The van der Waals surface area contributed by atoms with Crippen LogP contribution >= 0.6 is 46.6 Å². The number of aromatic nitrogens is 3. The first kappa shape index (κ1) is 25.6. The van der Waals surface area contributed by atoms with Crippen molar-refractivity contribution in [1.82, 2.24) is 14.9 Å². The standard InChI is InChI=1S/C26H23Cl3N4OS/c1-2-3-25-31-32-26(35-17-19-4-9-21(27)10-5-19)33(25)30-15-18-6-12-23(13-7-18)34-16-20-8-11-22(28)14-24(20)29/h4-15H,2-3,16-17H2,1H3/b30-15+. The third kappa shape index (κ3) is 7.24. The highest BCUT2D eigenvalue weighted by atomic mass is 35.5. The van der Waals surface area contributed by atoms with Crippen LogP contribution in [-0.2, 0) is 18.8 Å². The van der Waals surface area contributed by atoms with Crippen molar-refractivity contribution in [2.24, 2.45) is 5.10 Å². The Labute approximate surface area is 224 Å². The van der Waals surface area contributed by atoms with E-state index in [2.05, 4.69) is 22.2 Å². The molecule has 0 unspecified atom stereocenters. The van der Waals surface area contributed by atoms with Gasteiger partial charge in [-0.2, -0.15) is 9.78 Å². The van der Waals surface area contributed by atoms with Gasteiger partial charge in [-0.15, -0.1) is 10.2 Å². The van der Waals surface area contributed by atoms with Crippen molar-refractivity contribution in [2.75, 3.05) is 0 Å². The summed E-state index contributed by atoms with van der Waals surface area (Å²) in [6, 6.07) is 20.9. The molecule has 9 heteroatoms. The molecule has 0 atom stereocenters. The van der Waals surface area contributed by atoms with Gasteiger partial charge in [0.25, 0.3) is 0 Å². The summed E-state index contributed by atoms with van der Waals surface area (Å²) in [4.78, 5) is 0. The zero-order valence-electron chi connectivity index (χ0n) is 19.0. The van der Waals surface area contributed by atoms with Gasteiger partial charge in [-0.3, -0.25) is 0 Å². The molecule has 0 saturated carbocycles. The highest BCUT2D eigenvalue weighted by Crippen LogP contribution is 2.24. The van der Waals surface area contributed by atoms with Crippen molar-refractivity contribution in [2.45, 2.75) is 37.3 Å². The number of nitrogens with zero attached hydrogens (tertiary/aromatic N) is 4. The van der Waals surface area contributed by atoms with E-state index in [9.17, 15) is 0 Å². The zero-order valence-corrected chi connectivity index (χ0v) is 22.1. The highest BCUT2D eigenvalue weighted by Gasteiger charge is 2.12. The van der Waals surface area contributed by atoms with Crippen molar-refractivity contribution in [3.05, 3.63) is 104 Å². The van der Waals surface area contributed by atoms with Gasteiger partial charge >= 0.3 is 0 Å². The van der Waals surface area contributed by atoms with Crippen molar-refractivity contribution in [3.8, 4) is 5.75 Å². The summed E-state index contributed by atoms with van der Waals surface area (Å²) in [5.74, 6) is 2.33. The lowest BCUT2D eigenvalue weighted by molar-refractivity contribution is 0.306. The summed E-state index contributed by atoms with van der Waals surface area (Å²) in [7, 11) is 0. The van der Waals surface area contributed by atoms with Crippen LogP contribution in [0.4, 0.5) is 0 Å². The Morgan fingerprint density at radius 3 is 2.40 bits per heavy atom.